The van der Waals surface area contributed by atoms with Crippen LogP contribution in [0.4, 0.5) is 11.4 Å². The molecule has 0 saturated carbocycles. The molecule has 6 nitrogen and oxygen atoms in total. The van der Waals surface area contributed by atoms with Crippen LogP contribution in [-0.4, -0.2) is 23.5 Å². The third kappa shape index (κ3) is 3.56. The van der Waals surface area contributed by atoms with Crippen molar-refractivity contribution in [2.24, 2.45) is 0 Å². The second kappa shape index (κ2) is 8.15. The summed E-state index contributed by atoms with van der Waals surface area (Å²) in [7, 11) is 0. The zero-order valence-electron chi connectivity index (χ0n) is 17.5. The molecule has 158 valence electrons. The summed E-state index contributed by atoms with van der Waals surface area (Å²) in [4.78, 5) is 27.7. The Bertz CT molecular complexity index is 1310. The second-order valence-corrected chi connectivity index (χ2v) is 7.75. The molecule has 5 rings (SSSR count). The molecule has 0 saturated heterocycles. The monoisotopic (exact) mass is 423 g/mol. The molecule has 1 aliphatic rings. The van der Waals surface area contributed by atoms with Gasteiger partial charge >= 0.3 is 0 Å². The van der Waals surface area contributed by atoms with Crippen LogP contribution in [0.1, 0.15) is 31.8 Å². The standard InChI is InChI=1S/C26H21N3O3/c1-17-6-2-3-7-21(17)25(30)28-20-12-10-18(11-13-20)26(31)29-15-14-19-16-27-32-24(19)22-8-4-5-9-23(22)29/h2-13,16H,14-15H2,1H3,(H,28,30). The van der Waals surface area contributed by atoms with Gasteiger partial charge in [-0.25, -0.2) is 0 Å². The molecule has 2 heterocycles. The molecule has 1 aromatic heterocycles. The zero-order chi connectivity index (χ0) is 22.1. The first-order chi connectivity index (χ1) is 15.6. The highest BCUT2D eigenvalue weighted by Gasteiger charge is 2.27. The number of amides is 2. The van der Waals surface area contributed by atoms with E-state index in [0.717, 1.165) is 22.4 Å². The van der Waals surface area contributed by atoms with Crippen molar-refractivity contribution >= 4 is 23.2 Å². The molecule has 32 heavy (non-hydrogen) atoms. The van der Waals surface area contributed by atoms with Gasteiger partial charge < -0.3 is 14.7 Å². The van der Waals surface area contributed by atoms with Gasteiger partial charge in [-0.05, 0) is 61.4 Å². The van der Waals surface area contributed by atoms with Crippen molar-refractivity contribution in [1.29, 1.82) is 0 Å². The Kier molecular flexibility index (Phi) is 5.03. The highest BCUT2D eigenvalue weighted by atomic mass is 16.5. The molecule has 0 fully saturated rings. The molecule has 1 aliphatic heterocycles. The zero-order valence-corrected chi connectivity index (χ0v) is 17.5. The van der Waals surface area contributed by atoms with Crippen LogP contribution in [0.25, 0.3) is 11.3 Å². The fraction of sp³-hybridized carbons (Fsp3) is 0.115. The minimum atomic E-state index is -0.175. The lowest BCUT2D eigenvalue weighted by Crippen LogP contribution is -2.32. The summed E-state index contributed by atoms with van der Waals surface area (Å²) < 4.78 is 5.47. The Hall–Kier alpha value is -4.19. The number of aryl methyl sites for hydroxylation is 1. The molecule has 1 N–H and O–H groups in total. The van der Waals surface area contributed by atoms with E-state index in [9.17, 15) is 9.59 Å². The maximum atomic E-state index is 13.4. The van der Waals surface area contributed by atoms with E-state index in [-0.39, 0.29) is 11.8 Å². The van der Waals surface area contributed by atoms with Crippen molar-refractivity contribution in [3.8, 4) is 11.3 Å². The Morgan fingerprint density at radius 3 is 2.53 bits per heavy atom. The first kappa shape index (κ1) is 19.8. The average molecular weight is 423 g/mol. The number of fused-ring (bicyclic) bond motifs is 3. The summed E-state index contributed by atoms with van der Waals surface area (Å²) >= 11 is 0. The van der Waals surface area contributed by atoms with Gasteiger partial charge in [0, 0.05) is 34.5 Å². The molecular weight excluding hydrogens is 402 g/mol. The van der Waals surface area contributed by atoms with Crippen LogP contribution in [0.5, 0.6) is 0 Å². The maximum Gasteiger partial charge on any atom is 0.258 e. The molecule has 2 amide bonds. The smallest absolute Gasteiger partial charge is 0.258 e. The normalized spacial score (nSPS) is 12.5. The number of hydrogen-bond donors (Lipinski definition) is 1. The Morgan fingerprint density at radius 1 is 0.969 bits per heavy atom. The van der Waals surface area contributed by atoms with Gasteiger partial charge in [-0.15, -0.1) is 0 Å². The molecule has 6 heteroatoms. The number of nitrogens with one attached hydrogen (secondary N) is 1. The van der Waals surface area contributed by atoms with Gasteiger partial charge in [-0.3, -0.25) is 9.59 Å². The number of aromatic nitrogens is 1. The van der Waals surface area contributed by atoms with E-state index >= 15 is 0 Å². The minimum absolute atomic E-state index is 0.104. The third-order valence-electron chi connectivity index (χ3n) is 5.71. The number of rotatable bonds is 3. The molecule has 0 spiro atoms. The molecule has 4 aromatic rings. The summed E-state index contributed by atoms with van der Waals surface area (Å²) in [5.74, 6) is 0.434. The third-order valence-corrected chi connectivity index (χ3v) is 5.71. The number of para-hydroxylation sites is 1. The fourth-order valence-electron chi connectivity index (χ4n) is 4.00. The molecule has 0 bridgehead atoms. The first-order valence-electron chi connectivity index (χ1n) is 10.4. The largest absolute Gasteiger partial charge is 0.356 e. The van der Waals surface area contributed by atoms with E-state index in [0.29, 0.717) is 35.5 Å². The summed E-state index contributed by atoms with van der Waals surface area (Å²) in [6.45, 7) is 2.42. The van der Waals surface area contributed by atoms with E-state index in [1.807, 2.05) is 49.4 Å². The van der Waals surface area contributed by atoms with Crippen molar-refractivity contribution < 1.29 is 14.1 Å². The topological polar surface area (TPSA) is 75.4 Å². The lowest BCUT2D eigenvalue weighted by atomic mass is 10.1. The molecular formula is C26H21N3O3. The molecule has 0 radical (unpaired) electrons. The number of carbonyl (C=O) groups is 2. The van der Waals surface area contributed by atoms with Gasteiger partial charge in [-0.2, -0.15) is 0 Å². The van der Waals surface area contributed by atoms with E-state index in [2.05, 4.69) is 10.5 Å². The van der Waals surface area contributed by atoms with E-state index in [1.54, 1.807) is 41.4 Å². The van der Waals surface area contributed by atoms with Gasteiger partial charge in [0.2, 0.25) is 0 Å². The van der Waals surface area contributed by atoms with Gasteiger partial charge in [0.05, 0.1) is 11.9 Å². The van der Waals surface area contributed by atoms with Crippen LogP contribution < -0.4 is 10.2 Å². The number of benzene rings is 3. The maximum absolute atomic E-state index is 13.4. The van der Waals surface area contributed by atoms with Crippen LogP contribution in [0.2, 0.25) is 0 Å². The number of carbonyl (C=O) groups excluding carboxylic acids is 2. The average Bonchev–Trinajstić information content (AvgIpc) is 3.22. The molecule has 0 atom stereocenters. The van der Waals surface area contributed by atoms with Gasteiger partial charge in [0.15, 0.2) is 5.76 Å². The van der Waals surface area contributed by atoms with Crippen molar-refractivity contribution in [2.45, 2.75) is 13.3 Å². The van der Waals surface area contributed by atoms with Gasteiger partial charge in [-0.1, -0.05) is 35.5 Å². The Morgan fingerprint density at radius 2 is 1.72 bits per heavy atom. The number of anilines is 2. The Balaban J connectivity index is 1.38. The SMILES string of the molecule is Cc1ccccc1C(=O)Nc1ccc(C(=O)N2CCc3cnoc3-c3ccccc32)cc1. The molecule has 0 aliphatic carbocycles. The number of hydrogen-bond acceptors (Lipinski definition) is 4. The lowest BCUT2D eigenvalue weighted by Gasteiger charge is -2.23. The van der Waals surface area contributed by atoms with Crippen molar-refractivity contribution in [2.75, 3.05) is 16.8 Å². The van der Waals surface area contributed by atoms with E-state index in [1.165, 1.54) is 0 Å². The van der Waals surface area contributed by atoms with Crippen LogP contribution >= 0.6 is 0 Å². The summed E-state index contributed by atoms with van der Waals surface area (Å²) in [6, 6.07) is 22.1. The lowest BCUT2D eigenvalue weighted by molar-refractivity contribution is 0.0986. The van der Waals surface area contributed by atoms with Crippen molar-refractivity contribution in [3.05, 3.63) is 101 Å². The minimum Gasteiger partial charge on any atom is -0.356 e. The highest BCUT2D eigenvalue weighted by Crippen LogP contribution is 2.36. The summed E-state index contributed by atoms with van der Waals surface area (Å²) in [5.41, 5.74) is 5.35. The van der Waals surface area contributed by atoms with Crippen LogP contribution in [-0.2, 0) is 6.42 Å². The Labute approximate surface area is 185 Å². The van der Waals surface area contributed by atoms with Crippen molar-refractivity contribution in [1.82, 2.24) is 5.16 Å². The van der Waals surface area contributed by atoms with Crippen LogP contribution in [0.3, 0.4) is 0 Å². The quantitative estimate of drug-likeness (QED) is 0.497. The number of nitrogens with zero attached hydrogens (tertiary/aromatic N) is 2. The molecule has 0 unspecified atom stereocenters. The summed E-state index contributed by atoms with van der Waals surface area (Å²) in [6.07, 6.45) is 2.37. The first-order valence-corrected chi connectivity index (χ1v) is 10.4. The molecule has 3 aromatic carbocycles. The fourth-order valence-corrected chi connectivity index (χ4v) is 4.00. The predicted molar refractivity (Wildman–Crippen MR) is 123 cm³/mol. The van der Waals surface area contributed by atoms with E-state index in [4.69, 9.17) is 4.52 Å². The summed E-state index contributed by atoms with van der Waals surface area (Å²) in [5, 5.41) is 6.82. The van der Waals surface area contributed by atoms with Crippen LogP contribution in [0, 0.1) is 6.92 Å². The predicted octanol–water partition coefficient (Wildman–Crippen LogP) is 5.11. The van der Waals surface area contributed by atoms with Crippen LogP contribution in [0.15, 0.2) is 83.5 Å². The van der Waals surface area contributed by atoms with E-state index < -0.39 is 0 Å². The van der Waals surface area contributed by atoms with Gasteiger partial charge in [0.25, 0.3) is 11.8 Å². The highest BCUT2D eigenvalue weighted by molar-refractivity contribution is 6.09. The van der Waals surface area contributed by atoms with Gasteiger partial charge in [0.1, 0.15) is 0 Å². The second-order valence-electron chi connectivity index (χ2n) is 7.75. The van der Waals surface area contributed by atoms with Crippen molar-refractivity contribution in [3.63, 3.8) is 0 Å².